The lowest BCUT2D eigenvalue weighted by atomic mass is 9.87. The maximum Gasteiger partial charge on any atom is 0.148 e. The molecule has 0 bridgehead atoms. The summed E-state index contributed by atoms with van der Waals surface area (Å²) in [5.41, 5.74) is 4.16. The fourth-order valence-electron chi connectivity index (χ4n) is 4.52. The van der Waals surface area contributed by atoms with Crippen LogP contribution in [0.25, 0.3) is 5.69 Å². The molecular formula is C22H26FN5S. The van der Waals surface area contributed by atoms with Crippen molar-refractivity contribution in [2.45, 2.75) is 46.3 Å². The number of nitrogens with one attached hydrogen (secondary N) is 1. The molecule has 2 aliphatic heterocycles. The summed E-state index contributed by atoms with van der Waals surface area (Å²) < 4.78 is 16.2. The van der Waals surface area contributed by atoms with Crippen LogP contribution in [0, 0.1) is 11.2 Å². The van der Waals surface area contributed by atoms with E-state index < -0.39 is 0 Å². The van der Waals surface area contributed by atoms with Gasteiger partial charge in [-0.15, -0.1) is 11.3 Å². The smallest absolute Gasteiger partial charge is 0.148 e. The minimum atomic E-state index is -0.237. The van der Waals surface area contributed by atoms with Gasteiger partial charge in [-0.05, 0) is 24.0 Å². The van der Waals surface area contributed by atoms with E-state index in [9.17, 15) is 4.39 Å². The first-order valence-corrected chi connectivity index (χ1v) is 11.0. The highest BCUT2D eigenvalue weighted by molar-refractivity contribution is 7.11. The lowest BCUT2D eigenvalue weighted by Crippen LogP contribution is -2.32. The van der Waals surface area contributed by atoms with Crippen LogP contribution in [0.2, 0.25) is 0 Å². The Morgan fingerprint density at radius 3 is 2.97 bits per heavy atom. The second kappa shape index (κ2) is 7.31. The molecule has 0 saturated heterocycles. The van der Waals surface area contributed by atoms with Gasteiger partial charge >= 0.3 is 0 Å². The molecule has 0 spiro atoms. The van der Waals surface area contributed by atoms with Gasteiger partial charge in [-0.2, -0.15) is 5.10 Å². The first-order valence-electron chi connectivity index (χ1n) is 10.2. The molecular weight excluding hydrogens is 385 g/mol. The lowest BCUT2D eigenvalue weighted by molar-refractivity contribution is 0.173. The van der Waals surface area contributed by atoms with Gasteiger partial charge < -0.3 is 5.32 Å². The van der Waals surface area contributed by atoms with Crippen molar-refractivity contribution in [2.24, 2.45) is 5.41 Å². The molecule has 5 nitrogen and oxygen atoms in total. The van der Waals surface area contributed by atoms with Crippen LogP contribution in [-0.2, 0) is 32.5 Å². The summed E-state index contributed by atoms with van der Waals surface area (Å²) in [6.45, 7) is 9.17. The van der Waals surface area contributed by atoms with Gasteiger partial charge in [-0.25, -0.2) is 14.1 Å². The number of hydrogen-bond acceptors (Lipinski definition) is 5. The van der Waals surface area contributed by atoms with Crippen LogP contribution >= 0.6 is 11.3 Å². The van der Waals surface area contributed by atoms with Crippen molar-refractivity contribution in [1.82, 2.24) is 25.0 Å². The Morgan fingerprint density at radius 1 is 1.28 bits per heavy atom. The van der Waals surface area contributed by atoms with Crippen molar-refractivity contribution in [3.05, 3.63) is 63.1 Å². The molecule has 0 aliphatic carbocycles. The highest BCUT2D eigenvalue weighted by Crippen LogP contribution is 2.33. The molecule has 29 heavy (non-hydrogen) atoms. The number of para-hydroxylation sites is 1. The van der Waals surface area contributed by atoms with Gasteiger partial charge in [0.2, 0.25) is 0 Å². The fraction of sp³-hybridized carbons (Fsp3) is 0.455. The summed E-state index contributed by atoms with van der Waals surface area (Å²) in [6.07, 6.45) is 3.80. The highest BCUT2D eigenvalue weighted by atomic mass is 32.1. The van der Waals surface area contributed by atoms with Gasteiger partial charge in [0.25, 0.3) is 0 Å². The Bertz CT molecular complexity index is 1010. The van der Waals surface area contributed by atoms with Crippen molar-refractivity contribution in [3.63, 3.8) is 0 Å². The van der Waals surface area contributed by atoms with Crippen LogP contribution in [0.3, 0.4) is 0 Å². The van der Waals surface area contributed by atoms with Gasteiger partial charge in [-0.3, -0.25) is 4.90 Å². The Morgan fingerprint density at radius 2 is 2.14 bits per heavy atom. The standard InChI is InChI=1S/C22H26FN5S/c1-22(2)9-19-15(10-25-28(19)18-6-4-3-5-16(18)23)12-27(14-22)13-21-26-17-7-8-24-11-20(17)29-21/h3-6,10,24H,7-9,11-14H2,1-2H3. The number of fused-ring (bicyclic) bond motifs is 2. The number of benzene rings is 1. The summed E-state index contributed by atoms with van der Waals surface area (Å²) in [6, 6.07) is 6.87. The van der Waals surface area contributed by atoms with Gasteiger partial charge in [0.1, 0.15) is 16.5 Å². The molecule has 0 saturated carbocycles. The first-order chi connectivity index (χ1) is 14.0. The van der Waals surface area contributed by atoms with Crippen molar-refractivity contribution >= 4 is 11.3 Å². The van der Waals surface area contributed by atoms with E-state index in [-0.39, 0.29) is 11.2 Å². The second-order valence-corrected chi connectivity index (χ2v) is 10.0. The Kier molecular flexibility index (Phi) is 4.76. The summed E-state index contributed by atoms with van der Waals surface area (Å²) in [4.78, 5) is 8.76. The van der Waals surface area contributed by atoms with E-state index in [4.69, 9.17) is 4.98 Å². The number of nitrogens with zero attached hydrogens (tertiary/aromatic N) is 4. The maximum absolute atomic E-state index is 14.4. The lowest BCUT2D eigenvalue weighted by Gasteiger charge is -2.29. The third-order valence-electron chi connectivity index (χ3n) is 5.73. The molecule has 152 valence electrons. The normalized spacial score (nSPS) is 18.9. The number of thiazole rings is 1. The van der Waals surface area contributed by atoms with Gasteiger partial charge in [0.05, 0.1) is 18.4 Å². The molecule has 3 aromatic rings. The van der Waals surface area contributed by atoms with Crippen molar-refractivity contribution in [2.75, 3.05) is 13.1 Å². The molecule has 0 unspecified atom stereocenters. The van der Waals surface area contributed by atoms with E-state index >= 15 is 0 Å². The summed E-state index contributed by atoms with van der Waals surface area (Å²) in [5.74, 6) is -0.237. The summed E-state index contributed by atoms with van der Waals surface area (Å²) in [5, 5.41) is 9.19. The minimum Gasteiger partial charge on any atom is -0.311 e. The van der Waals surface area contributed by atoms with E-state index in [2.05, 4.69) is 29.2 Å². The Labute approximate surface area is 174 Å². The molecule has 1 aromatic carbocycles. The highest BCUT2D eigenvalue weighted by Gasteiger charge is 2.31. The van der Waals surface area contributed by atoms with Crippen LogP contribution in [0.4, 0.5) is 4.39 Å². The average molecular weight is 412 g/mol. The molecule has 5 rings (SSSR count). The van der Waals surface area contributed by atoms with Gasteiger partial charge in [0, 0.05) is 48.7 Å². The van der Waals surface area contributed by atoms with Crippen molar-refractivity contribution in [3.8, 4) is 5.69 Å². The van der Waals surface area contributed by atoms with Crippen molar-refractivity contribution < 1.29 is 4.39 Å². The largest absolute Gasteiger partial charge is 0.311 e. The topological polar surface area (TPSA) is 46.0 Å². The van der Waals surface area contributed by atoms with Crippen molar-refractivity contribution in [1.29, 1.82) is 0 Å². The average Bonchev–Trinajstić information content (AvgIpc) is 3.22. The molecule has 0 atom stereocenters. The predicted octanol–water partition coefficient (Wildman–Crippen LogP) is 3.70. The summed E-state index contributed by atoms with van der Waals surface area (Å²) in [7, 11) is 0. The summed E-state index contributed by atoms with van der Waals surface area (Å²) >= 11 is 1.84. The first kappa shape index (κ1) is 18.9. The monoisotopic (exact) mass is 411 g/mol. The fourth-order valence-corrected chi connectivity index (χ4v) is 5.65. The van der Waals surface area contributed by atoms with E-state index in [1.807, 2.05) is 23.6 Å². The zero-order chi connectivity index (χ0) is 20.0. The van der Waals surface area contributed by atoms with Gasteiger partial charge in [-0.1, -0.05) is 26.0 Å². The minimum absolute atomic E-state index is 0.0622. The molecule has 2 aromatic heterocycles. The maximum atomic E-state index is 14.4. The van der Waals surface area contributed by atoms with Crippen LogP contribution in [0.15, 0.2) is 30.5 Å². The molecule has 7 heteroatoms. The van der Waals surface area contributed by atoms with Gasteiger partial charge in [0.15, 0.2) is 0 Å². The van der Waals surface area contributed by atoms with E-state index in [1.54, 1.807) is 16.8 Å². The molecule has 2 aliphatic rings. The molecule has 0 amide bonds. The van der Waals surface area contributed by atoms with E-state index in [0.29, 0.717) is 5.69 Å². The molecule has 4 heterocycles. The number of halogens is 1. The zero-order valence-corrected chi connectivity index (χ0v) is 17.7. The van der Waals surface area contributed by atoms with Crippen LogP contribution in [-0.4, -0.2) is 32.8 Å². The number of hydrogen-bond donors (Lipinski definition) is 1. The van der Waals surface area contributed by atoms with E-state index in [0.717, 1.165) is 51.3 Å². The Balaban J connectivity index is 1.45. The van der Waals surface area contributed by atoms with Crippen LogP contribution in [0.5, 0.6) is 0 Å². The molecule has 0 radical (unpaired) electrons. The third kappa shape index (κ3) is 3.74. The SMILES string of the molecule is CC1(C)Cc2c(cnn2-c2ccccc2F)CN(Cc2nc3c(s2)CNCC3)C1. The second-order valence-electron chi connectivity index (χ2n) is 8.87. The molecule has 0 fully saturated rings. The third-order valence-corrected chi connectivity index (χ3v) is 6.82. The Hall–Kier alpha value is -2.09. The quantitative estimate of drug-likeness (QED) is 0.714. The van der Waals surface area contributed by atoms with E-state index in [1.165, 1.54) is 27.2 Å². The molecule has 1 N–H and O–H groups in total. The zero-order valence-electron chi connectivity index (χ0n) is 16.9. The number of rotatable bonds is 3. The van der Waals surface area contributed by atoms with Crippen LogP contribution in [0.1, 0.15) is 40.7 Å². The van der Waals surface area contributed by atoms with Crippen LogP contribution < -0.4 is 5.32 Å². The number of aromatic nitrogens is 3. The predicted molar refractivity (Wildman–Crippen MR) is 113 cm³/mol.